The molecule has 4 heteroatoms. The second kappa shape index (κ2) is 5.61. The Kier molecular flexibility index (Phi) is 4.10. The number of nitrogens with one attached hydrogen (secondary N) is 1. The van der Waals surface area contributed by atoms with Crippen LogP contribution in [0.2, 0.25) is 0 Å². The van der Waals surface area contributed by atoms with E-state index in [0.29, 0.717) is 16.8 Å². The van der Waals surface area contributed by atoms with Crippen molar-refractivity contribution in [2.75, 3.05) is 5.32 Å². The van der Waals surface area contributed by atoms with Crippen LogP contribution in [0.3, 0.4) is 0 Å². The number of hydrogen-bond donors (Lipinski definition) is 2. The molecule has 19 heavy (non-hydrogen) atoms. The summed E-state index contributed by atoms with van der Waals surface area (Å²) in [5, 5.41) is 12.9. The SMILES string of the molecule is Cc1cc(NCc2ccc(F)c(Br)c2)c(C)cc1O. The van der Waals surface area contributed by atoms with Gasteiger partial charge in [-0.2, -0.15) is 0 Å². The van der Waals surface area contributed by atoms with Crippen LogP contribution in [-0.2, 0) is 6.54 Å². The van der Waals surface area contributed by atoms with E-state index in [4.69, 9.17) is 0 Å². The van der Waals surface area contributed by atoms with Crippen LogP contribution in [0.4, 0.5) is 10.1 Å². The second-order valence-corrected chi connectivity index (χ2v) is 5.41. The van der Waals surface area contributed by atoms with Crippen LogP contribution in [0, 0.1) is 19.7 Å². The van der Waals surface area contributed by atoms with Gasteiger partial charge in [0.1, 0.15) is 11.6 Å². The maximum atomic E-state index is 13.1. The van der Waals surface area contributed by atoms with Crippen molar-refractivity contribution in [3.05, 3.63) is 57.3 Å². The Hall–Kier alpha value is -1.55. The van der Waals surface area contributed by atoms with Crippen molar-refractivity contribution in [2.24, 2.45) is 0 Å². The van der Waals surface area contributed by atoms with Gasteiger partial charge < -0.3 is 10.4 Å². The Bertz CT molecular complexity index is 613. The number of rotatable bonds is 3. The first-order valence-corrected chi connectivity index (χ1v) is 6.74. The Morgan fingerprint density at radius 3 is 2.58 bits per heavy atom. The number of halogens is 2. The largest absolute Gasteiger partial charge is 0.508 e. The van der Waals surface area contributed by atoms with Gasteiger partial charge in [-0.15, -0.1) is 0 Å². The molecule has 0 aromatic heterocycles. The highest BCUT2D eigenvalue weighted by Gasteiger charge is 2.04. The molecule has 0 heterocycles. The number of anilines is 1. The molecule has 0 unspecified atom stereocenters. The minimum atomic E-state index is -0.264. The third-order valence-corrected chi connectivity index (χ3v) is 3.62. The zero-order chi connectivity index (χ0) is 14.0. The Labute approximate surface area is 120 Å². The van der Waals surface area contributed by atoms with Crippen molar-refractivity contribution in [3.8, 4) is 5.75 Å². The molecule has 0 aliphatic carbocycles. The summed E-state index contributed by atoms with van der Waals surface area (Å²) >= 11 is 3.17. The minimum absolute atomic E-state index is 0.264. The molecule has 0 aliphatic heterocycles. The van der Waals surface area contributed by atoms with Crippen LogP contribution >= 0.6 is 15.9 Å². The van der Waals surface area contributed by atoms with E-state index in [0.717, 1.165) is 22.4 Å². The van der Waals surface area contributed by atoms with E-state index in [9.17, 15) is 9.50 Å². The van der Waals surface area contributed by atoms with Gasteiger partial charge in [-0.1, -0.05) is 6.07 Å². The fourth-order valence-corrected chi connectivity index (χ4v) is 2.26. The molecule has 2 N–H and O–H groups in total. The second-order valence-electron chi connectivity index (χ2n) is 4.56. The first-order valence-electron chi connectivity index (χ1n) is 5.95. The average molecular weight is 324 g/mol. The summed E-state index contributed by atoms with van der Waals surface area (Å²) in [4.78, 5) is 0. The highest BCUT2D eigenvalue weighted by molar-refractivity contribution is 9.10. The van der Waals surface area contributed by atoms with E-state index in [1.807, 2.05) is 19.9 Å². The lowest BCUT2D eigenvalue weighted by molar-refractivity contribution is 0.471. The highest BCUT2D eigenvalue weighted by atomic mass is 79.9. The van der Waals surface area contributed by atoms with Crippen LogP contribution < -0.4 is 5.32 Å². The predicted molar refractivity (Wildman–Crippen MR) is 79.0 cm³/mol. The van der Waals surface area contributed by atoms with Crippen molar-refractivity contribution >= 4 is 21.6 Å². The third kappa shape index (κ3) is 3.26. The minimum Gasteiger partial charge on any atom is -0.508 e. The number of aryl methyl sites for hydroxylation is 2. The van der Waals surface area contributed by atoms with Crippen LogP contribution in [-0.4, -0.2) is 5.11 Å². The van der Waals surface area contributed by atoms with Gasteiger partial charge in [0.2, 0.25) is 0 Å². The topological polar surface area (TPSA) is 32.3 Å². The molecule has 2 aromatic carbocycles. The normalized spacial score (nSPS) is 10.5. The average Bonchev–Trinajstić information content (AvgIpc) is 2.36. The standard InChI is InChI=1S/C15H15BrFNO/c1-9-6-15(19)10(2)5-14(9)18-8-11-3-4-13(17)12(16)7-11/h3-7,18-19H,8H2,1-2H3. The van der Waals surface area contributed by atoms with Crippen LogP contribution in [0.5, 0.6) is 5.75 Å². The Morgan fingerprint density at radius 1 is 1.16 bits per heavy atom. The van der Waals surface area contributed by atoms with Gasteiger partial charge in [0.05, 0.1) is 4.47 Å². The number of hydrogen-bond acceptors (Lipinski definition) is 2. The van der Waals surface area contributed by atoms with Gasteiger partial charge in [-0.3, -0.25) is 0 Å². The first kappa shape index (κ1) is 13.9. The molecule has 0 bridgehead atoms. The zero-order valence-corrected chi connectivity index (χ0v) is 12.4. The summed E-state index contributed by atoms with van der Waals surface area (Å²) in [7, 11) is 0. The van der Waals surface area contributed by atoms with E-state index < -0.39 is 0 Å². The lowest BCUT2D eigenvalue weighted by Gasteiger charge is -2.12. The van der Waals surface area contributed by atoms with Crippen LogP contribution in [0.1, 0.15) is 16.7 Å². The molecule has 0 atom stereocenters. The first-order chi connectivity index (χ1) is 8.97. The Balaban J connectivity index is 2.14. The summed E-state index contributed by atoms with van der Waals surface area (Å²) in [6.45, 7) is 4.39. The van der Waals surface area contributed by atoms with Gasteiger partial charge in [0.25, 0.3) is 0 Å². The quantitative estimate of drug-likeness (QED) is 0.814. The molecule has 0 saturated carbocycles. The van der Waals surface area contributed by atoms with Gasteiger partial charge in [0.15, 0.2) is 0 Å². The van der Waals surface area contributed by atoms with E-state index in [-0.39, 0.29) is 5.82 Å². The molecule has 2 nitrogen and oxygen atoms in total. The monoisotopic (exact) mass is 323 g/mol. The van der Waals surface area contributed by atoms with E-state index in [2.05, 4.69) is 21.2 Å². The molecular weight excluding hydrogens is 309 g/mol. The van der Waals surface area contributed by atoms with Gasteiger partial charge in [0, 0.05) is 12.2 Å². The maximum Gasteiger partial charge on any atom is 0.137 e. The van der Waals surface area contributed by atoms with E-state index >= 15 is 0 Å². The van der Waals surface area contributed by atoms with Gasteiger partial charge >= 0.3 is 0 Å². The smallest absolute Gasteiger partial charge is 0.137 e. The molecule has 2 rings (SSSR count). The summed E-state index contributed by atoms with van der Waals surface area (Å²) in [5.74, 6) is 0.0352. The summed E-state index contributed by atoms with van der Waals surface area (Å²) in [6, 6.07) is 8.58. The summed E-state index contributed by atoms with van der Waals surface area (Å²) in [6.07, 6.45) is 0. The van der Waals surface area contributed by atoms with Gasteiger partial charge in [-0.05, 0) is 70.7 Å². The molecular formula is C15H15BrFNO. The third-order valence-electron chi connectivity index (χ3n) is 3.01. The summed E-state index contributed by atoms with van der Waals surface area (Å²) in [5.41, 5.74) is 3.76. The highest BCUT2D eigenvalue weighted by Crippen LogP contribution is 2.25. The molecule has 0 radical (unpaired) electrons. The lowest BCUT2D eigenvalue weighted by Crippen LogP contribution is -2.01. The summed E-state index contributed by atoms with van der Waals surface area (Å²) < 4.78 is 13.6. The van der Waals surface area contributed by atoms with Crippen molar-refractivity contribution < 1.29 is 9.50 Å². The van der Waals surface area contributed by atoms with Crippen LogP contribution in [0.15, 0.2) is 34.8 Å². The molecule has 2 aromatic rings. The molecule has 0 fully saturated rings. The predicted octanol–water partition coefficient (Wildman–Crippen LogP) is 4.52. The van der Waals surface area contributed by atoms with Crippen molar-refractivity contribution in [3.63, 3.8) is 0 Å². The van der Waals surface area contributed by atoms with Crippen molar-refractivity contribution in [1.82, 2.24) is 0 Å². The number of phenols is 1. The van der Waals surface area contributed by atoms with Crippen molar-refractivity contribution in [1.29, 1.82) is 0 Å². The van der Waals surface area contributed by atoms with Crippen LogP contribution in [0.25, 0.3) is 0 Å². The van der Waals surface area contributed by atoms with Crippen molar-refractivity contribution in [2.45, 2.75) is 20.4 Å². The lowest BCUT2D eigenvalue weighted by atomic mass is 10.1. The Morgan fingerprint density at radius 2 is 1.89 bits per heavy atom. The van der Waals surface area contributed by atoms with Gasteiger partial charge in [-0.25, -0.2) is 4.39 Å². The number of aromatic hydroxyl groups is 1. The fraction of sp³-hybridized carbons (Fsp3) is 0.200. The van der Waals surface area contributed by atoms with E-state index in [1.165, 1.54) is 6.07 Å². The molecule has 0 saturated heterocycles. The zero-order valence-electron chi connectivity index (χ0n) is 10.8. The maximum absolute atomic E-state index is 13.1. The fourth-order valence-electron chi connectivity index (χ4n) is 1.84. The van der Waals surface area contributed by atoms with E-state index in [1.54, 1.807) is 18.2 Å². The number of benzene rings is 2. The molecule has 0 amide bonds. The molecule has 0 aliphatic rings. The number of phenolic OH excluding ortho intramolecular Hbond substituents is 1. The molecule has 0 spiro atoms. The molecule has 100 valence electrons.